The molecule has 0 bridgehead atoms. The Kier molecular flexibility index (Phi) is 11.7. The Morgan fingerprint density at radius 2 is 1.60 bits per heavy atom. The lowest BCUT2D eigenvalue weighted by Gasteiger charge is -2.29. The number of rotatable bonds is 14. The molecule has 30 heavy (non-hydrogen) atoms. The van der Waals surface area contributed by atoms with Gasteiger partial charge in [0.05, 0.1) is 12.7 Å². The van der Waals surface area contributed by atoms with Gasteiger partial charge in [-0.15, -0.1) is 0 Å². The molecule has 1 aliphatic carbocycles. The van der Waals surface area contributed by atoms with Crippen molar-refractivity contribution in [3.63, 3.8) is 0 Å². The van der Waals surface area contributed by atoms with Gasteiger partial charge in [-0.1, -0.05) is 12.8 Å². The van der Waals surface area contributed by atoms with Crippen molar-refractivity contribution in [2.45, 2.75) is 70.1 Å². The van der Waals surface area contributed by atoms with Crippen molar-refractivity contribution in [3.05, 3.63) is 35.1 Å². The van der Waals surface area contributed by atoms with Crippen LogP contribution < -0.4 is 5.32 Å². The number of nitrogens with one attached hydrogen (secondary N) is 1. The second kappa shape index (κ2) is 14.0. The number of halogens is 3. The van der Waals surface area contributed by atoms with E-state index in [9.17, 15) is 13.2 Å². The summed E-state index contributed by atoms with van der Waals surface area (Å²) in [5.41, 5.74) is 0.164. The fourth-order valence-corrected chi connectivity index (χ4v) is 3.83. The van der Waals surface area contributed by atoms with Gasteiger partial charge in [0.25, 0.3) is 0 Å². The largest absolute Gasteiger partial charge is 0.383 e. The molecule has 0 saturated heterocycles. The highest BCUT2D eigenvalue weighted by Crippen LogP contribution is 2.22. The van der Waals surface area contributed by atoms with E-state index in [0.29, 0.717) is 12.2 Å². The van der Waals surface area contributed by atoms with Crippen LogP contribution in [0.25, 0.3) is 0 Å². The van der Waals surface area contributed by atoms with Crippen LogP contribution in [0.15, 0.2) is 12.1 Å². The fourth-order valence-electron chi connectivity index (χ4n) is 3.83. The van der Waals surface area contributed by atoms with E-state index in [-0.39, 0.29) is 18.2 Å². The van der Waals surface area contributed by atoms with E-state index >= 15 is 0 Å². The Labute approximate surface area is 179 Å². The van der Waals surface area contributed by atoms with Crippen molar-refractivity contribution in [1.82, 2.24) is 10.2 Å². The lowest BCUT2D eigenvalue weighted by Crippen LogP contribution is -2.35. The Morgan fingerprint density at radius 3 is 2.33 bits per heavy atom. The molecule has 1 aromatic rings. The number of ether oxygens (including phenoxy) is 2. The molecule has 0 radical (unpaired) electrons. The fraction of sp³-hybridized carbons (Fsp3) is 0.739. The van der Waals surface area contributed by atoms with E-state index in [0.717, 1.165) is 64.5 Å². The second-order valence-electron chi connectivity index (χ2n) is 8.29. The Bertz CT molecular complexity index is 610. The van der Waals surface area contributed by atoms with Gasteiger partial charge >= 0.3 is 0 Å². The average molecular weight is 431 g/mol. The molecule has 0 amide bonds. The van der Waals surface area contributed by atoms with E-state index in [4.69, 9.17) is 9.47 Å². The molecular weight excluding hydrogens is 393 g/mol. The molecular formula is C23H37F3N2O2. The summed E-state index contributed by atoms with van der Waals surface area (Å²) in [4.78, 5) is 2.30. The summed E-state index contributed by atoms with van der Waals surface area (Å²) in [6, 6.07) is 1.80. The molecule has 1 N–H and O–H groups in total. The molecule has 0 heterocycles. The number of likely N-dealkylation sites (N-methyl/N-ethyl adjacent to an activating group) is 1. The van der Waals surface area contributed by atoms with Crippen LogP contribution in [0.3, 0.4) is 0 Å². The summed E-state index contributed by atoms with van der Waals surface area (Å²) in [6.07, 6.45) is 8.85. The number of nitrogens with zero attached hydrogens (tertiary/aromatic N) is 1. The number of hydrogen-bond acceptors (Lipinski definition) is 4. The van der Waals surface area contributed by atoms with E-state index in [1.54, 1.807) is 7.11 Å². The Morgan fingerprint density at radius 1 is 0.900 bits per heavy atom. The van der Waals surface area contributed by atoms with Crippen molar-refractivity contribution in [2.24, 2.45) is 0 Å². The third-order valence-electron chi connectivity index (χ3n) is 5.81. The van der Waals surface area contributed by atoms with Crippen molar-refractivity contribution in [2.75, 3.05) is 40.5 Å². The first-order valence-electron chi connectivity index (χ1n) is 11.2. The van der Waals surface area contributed by atoms with Gasteiger partial charge in [0, 0.05) is 44.5 Å². The normalized spacial score (nSPS) is 19.5. The van der Waals surface area contributed by atoms with Crippen molar-refractivity contribution in [3.8, 4) is 0 Å². The summed E-state index contributed by atoms with van der Waals surface area (Å²) in [5.74, 6) is -2.87. The van der Waals surface area contributed by atoms with Crippen LogP contribution in [0.2, 0.25) is 0 Å². The minimum absolute atomic E-state index is 0.164. The number of benzene rings is 1. The van der Waals surface area contributed by atoms with Gasteiger partial charge in [-0.25, -0.2) is 13.2 Å². The predicted octanol–water partition coefficient (Wildman–Crippen LogP) is 4.66. The quantitative estimate of drug-likeness (QED) is 0.344. The lowest BCUT2D eigenvalue weighted by molar-refractivity contribution is 0.0203. The molecule has 1 fully saturated rings. The zero-order chi connectivity index (χ0) is 21.8. The summed E-state index contributed by atoms with van der Waals surface area (Å²) in [7, 11) is 3.86. The Hall–Kier alpha value is -1.15. The summed E-state index contributed by atoms with van der Waals surface area (Å²) in [6.45, 7) is 3.88. The monoisotopic (exact) mass is 430 g/mol. The number of methoxy groups -OCH3 is 1. The van der Waals surface area contributed by atoms with Crippen LogP contribution in [-0.4, -0.2) is 57.5 Å². The van der Waals surface area contributed by atoms with Gasteiger partial charge < -0.3 is 19.7 Å². The van der Waals surface area contributed by atoms with Crippen LogP contribution >= 0.6 is 0 Å². The molecule has 1 aliphatic rings. The number of unbranched alkanes of at least 4 members (excludes halogenated alkanes) is 3. The molecule has 2 rings (SSSR count). The first kappa shape index (κ1) is 25.1. The molecule has 0 aliphatic heterocycles. The van der Waals surface area contributed by atoms with Crippen LogP contribution in [0, 0.1) is 17.5 Å². The maximum Gasteiger partial charge on any atom is 0.161 e. The maximum atomic E-state index is 13.7. The highest BCUT2D eigenvalue weighted by molar-refractivity contribution is 5.20. The first-order chi connectivity index (χ1) is 14.5. The lowest BCUT2D eigenvalue weighted by atomic mass is 9.92. The molecule has 7 heteroatoms. The van der Waals surface area contributed by atoms with Gasteiger partial charge in [0.2, 0.25) is 0 Å². The average Bonchev–Trinajstić information content (AvgIpc) is 2.74. The van der Waals surface area contributed by atoms with Crippen molar-refractivity contribution >= 4 is 0 Å². The molecule has 1 saturated carbocycles. The van der Waals surface area contributed by atoms with Crippen LogP contribution in [0.1, 0.15) is 56.9 Å². The second-order valence-corrected chi connectivity index (χ2v) is 8.29. The molecule has 0 spiro atoms. The van der Waals surface area contributed by atoms with E-state index < -0.39 is 17.5 Å². The minimum atomic E-state index is -1.15. The van der Waals surface area contributed by atoms with E-state index in [1.807, 2.05) is 0 Å². The SMILES string of the molecule is COCCN(C)CCCCCCO[C@H]1CC[C@H](NCc2cc(F)c(F)cc2F)CC1. The zero-order valence-corrected chi connectivity index (χ0v) is 18.4. The molecule has 1 aromatic carbocycles. The van der Waals surface area contributed by atoms with Crippen molar-refractivity contribution in [1.29, 1.82) is 0 Å². The predicted molar refractivity (Wildman–Crippen MR) is 113 cm³/mol. The van der Waals surface area contributed by atoms with Crippen LogP contribution in [0.4, 0.5) is 13.2 Å². The topological polar surface area (TPSA) is 33.7 Å². The van der Waals surface area contributed by atoms with Gasteiger partial charge in [-0.2, -0.15) is 0 Å². The van der Waals surface area contributed by atoms with Gasteiger partial charge in [-0.05, 0) is 58.2 Å². The van der Waals surface area contributed by atoms with Gasteiger partial charge in [-0.3, -0.25) is 0 Å². The van der Waals surface area contributed by atoms with Gasteiger partial charge in [0.1, 0.15) is 5.82 Å². The molecule has 4 nitrogen and oxygen atoms in total. The highest BCUT2D eigenvalue weighted by Gasteiger charge is 2.21. The molecule has 172 valence electrons. The third-order valence-corrected chi connectivity index (χ3v) is 5.81. The highest BCUT2D eigenvalue weighted by atomic mass is 19.2. The maximum absolute atomic E-state index is 13.7. The summed E-state index contributed by atoms with van der Waals surface area (Å²) >= 11 is 0. The standard InChI is InChI=1S/C23H37F3N2O2/c1-28(12-14-29-2)11-5-3-4-6-13-30-20-9-7-19(8-10-20)27-17-18-15-22(25)23(26)16-21(18)24/h15-16,19-20,27H,3-14,17H2,1-2H3/t19-,20-. The van der Waals surface area contributed by atoms with Crippen LogP contribution in [-0.2, 0) is 16.0 Å². The van der Waals surface area contributed by atoms with Crippen LogP contribution in [0.5, 0.6) is 0 Å². The summed E-state index contributed by atoms with van der Waals surface area (Å²) < 4.78 is 51.1. The van der Waals surface area contributed by atoms with E-state index in [2.05, 4.69) is 17.3 Å². The Balaban J connectivity index is 1.50. The minimum Gasteiger partial charge on any atom is -0.383 e. The molecule has 0 aromatic heterocycles. The smallest absolute Gasteiger partial charge is 0.161 e. The van der Waals surface area contributed by atoms with Gasteiger partial charge in [0.15, 0.2) is 11.6 Å². The first-order valence-corrected chi connectivity index (χ1v) is 11.2. The third kappa shape index (κ3) is 9.33. The molecule has 0 atom stereocenters. The number of hydrogen-bond donors (Lipinski definition) is 1. The molecule has 0 unspecified atom stereocenters. The summed E-state index contributed by atoms with van der Waals surface area (Å²) in [5, 5.41) is 3.26. The zero-order valence-electron chi connectivity index (χ0n) is 18.4. The van der Waals surface area contributed by atoms with E-state index in [1.165, 1.54) is 19.3 Å². The van der Waals surface area contributed by atoms with Crippen molar-refractivity contribution < 1.29 is 22.6 Å².